The van der Waals surface area contributed by atoms with Gasteiger partial charge in [0.05, 0.1) is 0 Å². The highest BCUT2D eigenvalue weighted by atomic mass is 16.4. The monoisotopic (exact) mass is 280 g/mol. The molecule has 0 fully saturated rings. The predicted molar refractivity (Wildman–Crippen MR) is 82.7 cm³/mol. The topological polar surface area (TPSA) is 50.4 Å². The van der Waals surface area contributed by atoms with E-state index in [1.165, 1.54) is 11.6 Å². The van der Waals surface area contributed by atoms with Gasteiger partial charge >= 0.3 is 5.63 Å². The van der Waals surface area contributed by atoms with Gasteiger partial charge in [0, 0.05) is 17.0 Å². The van der Waals surface area contributed by atoms with Gasteiger partial charge in [-0.05, 0) is 43.0 Å². The van der Waals surface area contributed by atoms with E-state index in [0.717, 1.165) is 17.4 Å². The number of rotatable bonds is 3. The number of hydrogen-bond acceptors (Lipinski definition) is 3. The minimum absolute atomic E-state index is 0.0992. The standard InChI is InChI=1S/C18H16O3/c1-12-15-10-8-14(19)11-17(15)21-18(20)16(12)9-7-13-5-3-2-4-6-13/h2-6,8,10-11,19H,7,9H2,1H3. The van der Waals surface area contributed by atoms with E-state index in [-0.39, 0.29) is 11.4 Å². The van der Waals surface area contributed by atoms with Crippen molar-refractivity contribution in [1.82, 2.24) is 0 Å². The molecular weight excluding hydrogens is 264 g/mol. The third kappa shape index (κ3) is 2.68. The van der Waals surface area contributed by atoms with Crippen LogP contribution in [0.1, 0.15) is 16.7 Å². The van der Waals surface area contributed by atoms with Crippen LogP contribution in [-0.4, -0.2) is 5.11 Å². The molecule has 3 heteroatoms. The molecule has 0 atom stereocenters. The van der Waals surface area contributed by atoms with Crippen molar-refractivity contribution in [3.05, 3.63) is 75.6 Å². The second-order valence-electron chi connectivity index (χ2n) is 5.16. The number of phenols is 1. The fourth-order valence-corrected chi connectivity index (χ4v) is 2.59. The summed E-state index contributed by atoms with van der Waals surface area (Å²) >= 11 is 0. The first-order chi connectivity index (χ1) is 10.1. The second-order valence-corrected chi connectivity index (χ2v) is 5.16. The van der Waals surface area contributed by atoms with Crippen LogP contribution in [-0.2, 0) is 12.8 Å². The lowest BCUT2D eigenvalue weighted by Gasteiger charge is -2.08. The molecule has 3 nitrogen and oxygen atoms in total. The van der Waals surface area contributed by atoms with Crippen molar-refractivity contribution >= 4 is 11.0 Å². The highest BCUT2D eigenvalue weighted by Gasteiger charge is 2.11. The fourth-order valence-electron chi connectivity index (χ4n) is 2.59. The lowest BCUT2D eigenvalue weighted by molar-refractivity contribution is 0.472. The molecule has 1 aromatic heterocycles. The van der Waals surface area contributed by atoms with Crippen LogP contribution >= 0.6 is 0 Å². The molecule has 0 aliphatic rings. The van der Waals surface area contributed by atoms with Crippen LogP contribution in [0.4, 0.5) is 0 Å². The number of phenolic OH excluding ortho intramolecular Hbond substituents is 1. The Morgan fingerprint density at radius 1 is 1.05 bits per heavy atom. The average molecular weight is 280 g/mol. The summed E-state index contributed by atoms with van der Waals surface area (Å²) in [5, 5.41) is 10.3. The molecule has 0 saturated heterocycles. The minimum Gasteiger partial charge on any atom is -0.508 e. The van der Waals surface area contributed by atoms with Crippen LogP contribution in [0.2, 0.25) is 0 Å². The van der Waals surface area contributed by atoms with E-state index >= 15 is 0 Å². The van der Waals surface area contributed by atoms with Crippen LogP contribution in [0.25, 0.3) is 11.0 Å². The SMILES string of the molecule is Cc1c(CCc2ccccc2)c(=O)oc2cc(O)ccc12. The molecule has 3 rings (SSSR count). The van der Waals surface area contributed by atoms with Gasteiger partial charge in [-0.15, -0.1) is 0 Å². The summed E-state index contributed by atoms with van der Waals surface area (Å²) in [5.41, 5.74) is 2.94. The highest BCUT2D eigenvalue weighted by Crippen LogP contribution is 2.23. The largest absolute Gasteiger partial charge is 0.508 e. The van der Waals surface area contributed by atoms with Crippen molar-refractivity contribution in [2.24, 2.45) is 0 Å². The number of hydrogen-bond donors (Lipinski definition) is 1. The Labute approximate surface area is 122 Å². The number of fused-ring (bicyclic) bond motifs is 1. The van der Waals surface area contributed by atoms with Crippen LogP contribution in [0.15, 0.2) is 57.7 Å². The summed E-state index contributed by atoms with van der Waals surface area (Å²) < 4.78 is 5.33. The van der Waals surface area contributed by atoms with Crippen molar-refractivity contribution < 1.29 is 9.52 Å². The Balaban J connectivity index is 1.99. The van der Waals surface area contributed by atoms with Gasteiger partial charge in [-0.2, -0.15) is 0 Å². The third-order valence-electron chi connectivity index (χ3n) is 3.78. The molecule has 0 unspecified atom stereocenters. The maximum absolute atomic E-state index is 12.1. The van der Waals surface area contributed by atoms with Crippen LogP contribution in [0.5, 0.6) is 5.75 Å². The van der Waals surface area contributed by atoms with Crippen LogP contribution in [0.3, 0.4) is 0 Å². The molecule has 21 heavy (non-hydrogen) atoms. The molecule has 2 aromatic carbocycles. The van der Waals surface area contributed by atoms with E-state index in [2.05, 4.69) is 12.1 Å². The first kappa shape index (κ1) is 13.4. The Bertz CT molecular complexity index is 832. The van der Waals surface area contributed by atoms with Crippen molar-refractivity contribution in [3.8, 4) is 5.75 Å². The van der Waals surface area contributed by atoms with Gasteiger partial charge in [-0.25, -0.2) is 4.79 Å². The zero-order valence-corrected chi connectivity index (χ0v) is 11.8. The van der Waals surface area contributed by atoms with Crippen LogP contribution in [0, 0.1) is 6.92 Å². The van der Waals surface area contributed by atoms with E-state index in [1.807, 2.05) is 25.1 Å². The Kier molecular flexibility index (Phi) is 3.48. The third-order valence-corrected chi connectivity index (χ3v) is 3.78. The molecular formula is C18H16O3. The normalized spacial score (nSPS) is 10.9. The van der Waals surface area contributed by atoms with Gasteiger partial charge in [0.15, 0.2) is 0 Å². The summed E-state index contributed by atoms with van der Waals surface area (Å²) in [7, 11) is 0. The van der Waals surface area contributed by atoms with E-state index < -0.39 is 0 Å². The molecule has 1 heterocycles. The van der Waals surface area contributed by atoms with Crippen molar-refractivity contribution in [2.45, 2.75) is 19.8 Å². The molecule has 3 aromatic rings. The van der Waals surface area contributed by atoms with Crippen molar-refractivity contribution in [3.63, 3.8) is 0 Å². The Morgan fingerprint density at radius 2 is 1.81 bits per heavy atom. The molecule has 0 aliphatic heterocycles. The zero-order valence-electron chi connectivity index (χ0n) is 11.8. The number of aromatic hydroxyl groups is 1. The van der Waals surface area contributed by atoms with E-state index in [0.29, 0.717) is 17.6 Å². The number of benzene rings is 2. The van der Waals surface area contributed by atoms with Crippen LogP contribution < -0.4 is 5.63 Å². The summed E-state index contributed by atoms with van der Waals surface area (Å²) in [6.45, 7) is 1.93. The van der Waals surface area contributed by atoms with E-state index in [4.69, 9.17) is 4.42 Å². The average Bonchev–Trinajstić information content (AvgIpc) is 2.47. The summed E-state index contributed by atoms with van der Waals surface area (Å²) in [4.78, 5) is 12.1. The highest BCUT2D eigenvalue weighted by molar-refractivity contribution is 5.82. The molecule has 0 radical (unpaired) electrons. The van der Waals surface area contributed by atoms with Gasteiger partial charge < -0.3 is 9.52 Å². The van der Waals surface area contributed by atoms with Gasteiger partial charge in [0.25, 0.3) is 0 Å². The zero-order chi connectivity index (χ0) is 14.8. The molecule has 0 amide bonds. The Morgan fingerprint density at radius 3 is 2.57 bits per heavy atom. The molecule has 0 spiro atoms. The van der Waals surface area contributed by atoms with E-state index in [1.54, 1.807) is 12.1 Å². The molecule has 0 aliphatic carbocycles. The predicted octanol–water partition coefficient (Wildman–Crippen LogP) is 3.59. The lowest BCUT2D eigenvalue weighted by atomic mass is 10.00. The quantitative estimate of drug-likeness (QED) is 0.746. The van der Waals surface area contributed by atoms with Crippen molar-refractivity contribution in [1.29, 1.82) is 0 Å². The van der Waals surface area contributed by atoms with Gasteiger partial charge in [-0.3, -0.25) is 0 Å². The Hall–Kier alpha value is -2.55. The number of aryl methyl sites for hydroxylation is 2. The second kappa shape index (κ2) is 5.44. The fraction of sp³-hybridized carbons (Fsp3) is 0.167. The summed E-state index contributed by atoms with van der Waals surface area (Å²) in [5.74, 6) is 0.0992. The molecule has 106 valence electrons. The lowest BCUT2D eigenvalue weighted by Crippen LogP contribution is -2.11. The van der Waals surface area contributed by atoms with E-state index in [9.17, 15) is 9.90 Å². The first-order valence-electron chi connectivity index (χ1n) is 6.94. The van der Waals surface area contributed by atoms with Gasteiger partial charge in [0.1, 0.15) is 11.3 Å². The molecule has 0 saturated carbocycles. The molecule has 1 N–H and O–H groups in total. The molecule has 0 bridgehead atoms. The summed E-state index contributed by atoms with van der Waals surface area (Å²) in [6.07, 6.45) is 1.45. The van der Waals surface area contributed by atoms with Gasteiger partial charge in [0.2, 0.25) is 0 Å². The first-order valence-corrected chi connectivity index (χ1v) is 6.94. The van der Waals surface area contributed by atoms with Gasteiger partial charge in [-0.1, -0.05) is 30.3 Å². The minimum atomic E-state index is -0.318. The maximum atomic E-state index is 12.1. The smallest absolute Gasteiger partial charge is 0.339 e. The van der Waals surface area contributed by atoms with Crippen molar-refractivity contribution in [2.75, 3.05) is 0 Å². The summed E-state index contributed by atoms with van der Waals surface area (Å²) in [6, 6.07) is 14.9. The maximum Gasteiger partial charge on any atom is 0.339 e.